The summed E-state index contributed by atoms with van der Waals surface area (Å²) in [6, 6.07) is 15.0. The largest absolute Gasteiger partial charge is 0.377 e. The molecule has 0 bridgehead atoms. The van der Waals surface area contributed by atoms with Gasteiger partial charge in [-0.1, -0.05) is 24.3 Å². The van der Waals surface area contributed by atoms with Gasteiger partial charge in [0.15, 0.2) is 0 Å². The van der Waals surface area contributed by atoms with Crippen LogP contribution in [0.15, 0.2) is 53.4 Å². The fraction of sp³-hybridized carbons (Fsp3) is 0.364. The number of carbonyl (C=O) groups excluding carboxylic acids is 2. The summed E-state index contributed by atoms with van der Waals surface area (Å²) < 4.78 is 5.67. The van der Waals surface area contributed by atoms with Gasteiger partial charge in [-0.25, -0.2) is 0 Å². The third kappa shape index (κ3) is 5.36. The van der Waals surface area contributed by atoms with E-state index in [4.69, 9.17) is 4.74 Å². The number of ether oxygens (including phenoxy) is 1. The highest BCUT2D eigenvalue weighted by molar-refractivity contribution is 7.99. The van der Waals surface area contributed by atoms with Gasteiger partial charge in [-0.2, -0.15) is 0 Å². The smallest absolute Gasteiger partial charge is 0.253 e. The van der Waals surface area contributed by atoms with Crippen LogP contribution in [0.25, 0.3) is 0 Å². The summed E-state index contributed by atoms with van der Waals surface area (Å²) in [6.07, 6.45) is 2.49. The van der Waals surface area contributed by atoms with Gasteiger partial charge in [-0.15, -0.1) is 11.8 Å². The minimum absolute atomic E-state index is 0.0345. The Morgan fingerprint density at radius 3 is 2.57 bits per heavy atom. The molecular weight excluding hydrogens is 372 g/mol. The molecule has 1 atom stereocenters. The van der Waals surface area contributed by atoms with E-state index in [1.54, 1.807) is 42.9 Å². The van der Waals surface area contributed by atoms with Gasteiger partial charge in [-0.3, -0.25) is 9.59 Å². The van der Waals surface area contributed by atoms with Crippen LogP contribution in [0.1, 0.15) is 39.1 Å². The summed E-state index contributed by atoms with van der Waals surface area (Å²) in [7, 11) is 3.45. The zero-order chi connectivity index (χ0) is 19.9. The maximum Gasteiger partial charge on any atom is 0.253 e. The van der Waals surface area contributed by atoms with Gasteiger partial charge in [0, 0.05) is 43.5 Å². The molecule has 28 heavy (non-hydrogen) atoms. The minimum atomic E-state index is -0.0936. The van der Waals surface area contributed by atoms with E-state index in [-0.39, 0.29) is 17.9 Å². The first-order valence-corrected chi connectivity index (χ1v) is 10.5. The van der Waals surface area contributed by atoms with Gasteiger partial charge in [0.2, 0.25) is 0 Å². The molecule has 0 spiro atoms. The molecule has 1 saturated heterocycles. The fourth-order valence-corrected chi connectivity index (χ4v) is 4.16. The number of hydrogen-bond acceptors (Lipinski definition) is 4. The van der Waals surface area contributed by atoms with Crippen molar-refractivity contribution >= 4 is 23.6 Å². The molecule has 3 rings (SSSR count). The van der Waals surface area contributed by atoms with Crippen LogP contribution in [0, 0.1) is 0 Å². The van der Waals surface area contributed by atoms with Crippen molar-refractivity contribution in [3.63, 3.8) is 0 Å². The van der Waals surface area contributed by atoms with Crippen LogP contribution in [0.3, 0.4) is 0 Å². The highest BCUT2D eigenvalue weighted by Crippen LogP contribution is 2.26. The lowest BCUT2D eigenvalue weighted by Crippen LogP contribution is -2.24. The first-order valence-electron chi connectivity index (χ1n) is 9.47. The van der Waals surface area contributed by atoms with E-state index in [1.165, 1.54) is 0 Å². The van der Waals surface area contributed by atoms with Gasteiger partial charge >= 0.3 is 0 Å². The van der Waals surface area contributed by atoms with Crippen LogP contribution in [-0.4, -0.2) is 49.3 Å². The Hall–Kier alpha value is -2.31. The molecule has 1 aliphatic heterocycles. The zero-order valence-corrected chi connectivity index (χ0v) is 17.1. The average Bonchev–Trinajstić information content (AvgIpc) is 3.24. The van der Waals surface area contributed by atoms with E-state index in [9.17, 15) is 9.59 Å². The molecule has 1 fully saturated rings. The molecular formula is C22H26N2O3S. The number of benzene rings is 2. The van der Waals surface area contributed by atoms with Crippen molar-refractivity contribution in [3.05, 3.63) is 65.2 Å². The van der Waals surface area contributed by atoms with E-state index in [0.717, 1.165) is 35.7 Å². The molecule has 0 radical (unpaired) electrons. The molecule has 0 saturated carbocycles. The SMILES string of the molecule is CN(C)C(=O)c1ccc(CNC(=O)c2ccccc2SCC2CCCO2)cc1. The molecule has 1 unspecified atom stereocenters. The quantitative estimate of drug-likeness (QED) is 0.724. The van der Waals surface area contributed by atoms with Crippen molar-refractivity contribution in [3.8, 4) is 0 Å². The Morgan fingerprint density at radius 2 is 1.89 bits per heavy atom. The van der Waals surface area contributed by atoms with Crippen LogP contribution in [-0.2, 0) is 11.3 Å². The Morgan fingerprint density at radius 1 is 1.14 bits per heavy atom. The lowest BCUT2D eigenvalue weighted by molar-refractivity contribution is 0.0827. The number of hydrogen-bond donors (Lipinski definition) is 1. The molecule has 0 aromatic heterocycles. The Balaban J connectivity index is 1.58. The standard InChI is InChI=1S/C22H26N2O3S/c1-24(2)22(26)17-11-9-16(10-12-17)14-23-21(25)19-7-3-4-8-20(19)28-15-18-6-5-13-27-18/h3-4,7-12,18H,5-6,13-15H2,1-2H3,(H,23,25). The van der Waals surface area contributed by atoms with E-state index in [0.29, 0.717) is 17.7 Å². The molecule has 1 heterocycles. The van der Waals surface area contributed by atoms with Gasteiger partial charge < -0.3 is 15.0 Å². The second kappa shape index (κ2) is 9.75. The third-order valence-electron chi connectivity index (χ3n) is 4.64. The summed E-state index contributed by atoms with van der Waals surface area (Å²) in [5.74, 6) is 0.739. The number of carbonyl (C=O) groups is 2. The third-order valence-corrected chi connectivity index (χ3v) is 5.85. The van der Waals surface area contributed by atoms with Crippen molar-refractivity contribution in [2.45, 2.75) is 30.4 Å². The number of thioether (sulfide) groups is 1. The first-order chi connectivity index (χ1) is 13.5. The lowest BCUT2D eigenvalue weighted by atomic mass is 10.1. The Labute approximate surface area is 170 Å². The number of rotatable bonds is 7. The molecule has 6 heteroatoms. The number of nitrogens with one attached hydrogen (secondary N) is 1. The van der Waals surface area contributed by atoms with Crippen LogP contribution < -0.4 is 5.32 Å². The lowest BCUT2D eigenvalue weighted by Gasteiger charge is -2.13. The normalized spacial score (nSPS) is 16.0. The van der Waals surface area contributed by atoms with Gasteiger partial charge in [-0.05, 0) is 42.7 Å². The highest BCUT2D eigenvalue weighted by atomic mass is 32.2. The van der Waals surface area contributed by atoms with Crippen molar-refractivity contribution in [1.29, 1.82) is 0 Å². The van der Waals surface area contributed by atoms with Gasteiger partial charge in [0.1, 0.15) is 0 Å². The van der Waals surface area contributed by atoms with Crippen molar-refractivity contribution in [1.82, 2.24) is 10.2 Å². The maximum absolute atomic E-state index is 12.7. The Kier molecular flexibility index (Phi) is 7.12. The van der Waals surface area contributed by atoms with Gasteiger partial charge in [0.05, 0.1) is 11.7 Å². The van der Waals surface area contributed by atoms with E-state index < -0.39 is 0 Å². The summed E-state index contributed by atoms with van der Waals surface area (Å²) in [5, 5.41) is 2.98. The monoisotopic (exact) mass is 398 g/mol. The first kappa shape index (κ1) is 20.4. The number of amides is 2. The second-order valence-electron chi connectivity index (χ2n) is 7.02. The fourth-order valence-electron chi connectivity index (χ4n) is 3.04. The molecule has 1 aliphatic rings. The predicted octanol–water partition coefficient (Wildman–Crippen LogP) is 3.59. The average molecular weight is 399 g/mol. The predicted molar refractivity (Wildman–Crippen MR) is 112 cm³/mol. The highest BCUT2D eigenvalue weighted by Gasteiger charge is 2.18. The van der Waals surface area contributed by atoms with E-state index in [1.807, 2.05) is 36.4 Å². The van der Waals surface area contributed by atoms with Crippen LogP contribution in [0.5, 0.6) is 0 Å². The molecule has 2 aromatic carbocycles. The van der Waals surface area contributed by atoms with Gasteiger partial charge in [0.25, 0.3) is 11.8 Å². The summed E-state index contributed by atoms with van der Waals surface area (Å²) >= 11 is 1.67. The number of nitrogens with zero attached hydrogens (tertiary/aromatic N) is 1. The molecule has 0 aliphatic carbocycles. The summed E-state index contributed by atoms with van der Waals surface area (Å²) in [6.45, 7) is 1.26. The summed E-state index contributed by atoms with van der Waals surface area (Å²) in [5.41, 5.74) is 2.27. The van der Waals surface area contributed by atoms with Crippen LogP contribution >= 0.6 is 11.8 Å². The van der Waals surface area contributed by atoms with Crippen molar-refractivity contribution < 1.29 is 14.3 Å². The van der Waals surface area contributed by atoms with E-state index in [2.05, 4.69) is 5.32 Å². The van der Waals surface area contributed by atoms with Crippen molar-refractivity contribution in [2.75, 3.05) is 26.5 Å². The topological polar surface area (TPSA) is 58.6 Å². The zero-order valence-electron chi connectivity index (χ0n) is 16.3. The molecule has 2 aromatic rings. The summed E-state index contributed by atoms with van der Waals surface area (Å²) in [4.78, 5) is 27.1. The molecule has 1 N–H and O–H groups in total. The molecule has 148 valence electrons. The van der Waals surface area contributed by atoms with Crippen LogP contribution in [0.4, 0.5) is 0 Å². The maximum atomic E-state index is 12.7. The van der Waals surface area contributed by atoms with Crippen LogP contribution in [0.2, 0.25) is 0 Å². The van der Waals surface area contributed by atoms with Crippen molar-refractivity contribution in [2.24, 2.45) is 0 Å². The minimum Gasteiger partial charge on any atom is -0.377 e. The second-order valence-corrected chi connectivity index (χ2v) is 8.08. The Bertz CT molecular complexity index is 815. The molecule has 5 nitrogen and oxygen atoms in total. The van der Waals surface area contributed by atoms with E-state index >= 15 is 0 Å². The molecule has 2 amide bonds.